The van der Waals surface area contributed by atoms with Gasteiger partial charge >= 0.3 is 0 Å². The molecule has 0 bridgehead atoms. The van der Waals surface area contributed by atoms with Crippen LogP contribution >= 0.6 is 0 Å². The summed E-state index contributed by atoms with van der Waals surface area (Å²) in [5.41, 5.74) is 10.3. The van der Waals surface area contributed by atoms with Gasteiger partial charge in [-0.25, -0.2) is 0 Å². The molecule has 0 amide bonds. The van der Waals surface area contributed by atoms with E-state index in [0.29, 0.717) is 5.92 Å². The van der Waals surface area contributed by atoms with Crippen LogP contribution in [0.25, 0.3) is 0 Å². The summed E-state index contributed by atoms with van der Waals surface area (Å²) in [5.74, 6) is 0.540. The molecule has 2 atom stereocenters. The Hall–Kier alpha value is -0.860. The van der Waals surface area contributed by atoms with Gasteiger partial charge in [0, 0.05) is 5.54 Å². The van der Waals surface area contributed by atoms with Crippen molar-refractivity contribution in [1.29, 1.82) is 0 Å². The second-order valence-electron chi connectivity index (χ2n) is 6.02. The number of hydrogen-bond acceptors (Lipinski definition) is 2. The van der Waals surface area contributed by atoms with Gasteiger partial charge in [0.15, 0.2) is 0 Å². The van der Waals surface area contributed by atoms with Gasteiger partial charge in [-0.2, -0.15) is 0 Å². The standard InChI is InChI=1S/C16H22NO/c17-16(11-18)8-7-15(10-16)14-6-5-12-3-1-2-4-13(12)9-14/h1,5-6,9,15,18H,2-4,7-8,10-11,17H2/t15-,16+/m0/s1. The first-order chi connectivity index (χ1) is 8.70. The van der Waals surface area contributed by atoms with Crippen LogP contribution in [0.5, 0.6) is 0 Å². The van der Waals surface area contributed by atoms with Crippen molar-refractivity contribution >= 4 is 0 Å². The van der Waals surface area contributed by atoms with Crippen LogP contribution in [0.3, 0.4) is 0 Å². The number of nitrogens with two attached hydrogens (primary N) is 1. The summed E-state index contributed by atoms with van der Waals surface area (Å²) in [5, 5.41) is 9.35. The molecule has 1 saturated carbocycles. The monoisotopic (exact) mass is 244 g/mol. The minimum Gasteiger partial charge on any atom is -0.394 e. The molecule has 0 heterocycles. The maximum atomic E-state index is 9.35. The highest BCUT2D eigenvalue weighted by atomic mass is 16.3. The van der Waals surface area contributed by atoms with E-state index >= 15 is 0 Å². The normalized spacial score (nSPS) is 31.3. The lowest BCUT2D eigenvalue weighted by Crippen LogP contribution is -2.40. The fourth-order valence-corrected chi connectivity index (χ4v) is 3.43. The molecule has 0 unspecified atom stereocenters. The van der Waals surface area contributed by atoms with Gasteiger partial charge < -0.3 is 10.8 Å². The van der Waals surface area contributed by atoms with Gasteiger partial charge in [-0.05, 0) is 67.6 Å². The molecule has 1 fully saturated rings. The molecule has 3 N–H and O–H groups in total. The second-order valence-corrected chi connectivity index (χ2v) is 6.02. The third kappa shape index (κ3) is 2.19. The Morgan fingerprint density at radius 1 is 1.33 bits per heavy atom. The first kappa shape index (κ1) is 12.2. The lowest BCUT2D eigenvalue weighted by molar-refractivity contribution is 0.198. The Balaban J connectivity index is 1.81. The summed E-state index contributed by atoms with van der Waals surface area (Å²) in [6.07, 6.45) is 8.86. The summed E-state index contributed by atoms with van der Waals surface area (Å²) >= 11 is 0. The zero-order valence-corrected chi connectivity index (χ0v) is 10.9. The maximum absolute atomic E-state index is 9.35. The summed E-state index contributed by atoms with van der Waals surface area (Å²) in [7, 11) is 0. The highest BCUT2D eigenvalue weighted by molar-refractivity contribution is 5.37. The Bertz CT molecular complexity index is 443. The van der Waals surface area contributed by atoms with Crippen LogP contribution < -0.4 is 5.73 Å². The van der Waals surface area contributed by atoms with Crippen LogP contribution in [0.2, 0.25) is 0 Å². The summed E-state index contributed by atoms with van der Waals surface area (Å²) in [6, 6.07) is 6.94. The van der Waals surface area contributed by atoms with E-state index in [2.05, 4.69) is 24.6 Å². The largest absolute Gasteiger partial charge is 0.394 e. The molecule has 3 rings (SSSR count). The number of rotatable bonds is 2. The van der Waals surface area contributed by atoms with Crippen LogP contribution in [0, 0.1) is 6.42 Å². The van der Waals surface area contributed by atoms with E-state index in [4.69, 9.17) is 5.73 Å². The molecule has 0 aromatic heterocycles. The quantitative estimate of drug-likeness (QED) is 0.838. The summed E-state index contributed by atoms with van der Waals surface area (Å²) < 4.78 is 0. The van der Waals surface area contributed by atoms with Crippen molar-refractivity contribution in [1.82, 2.24) is 0 Å². The zero-order valence-electron chi connectivity index (χ0n) is 10.9. The molecule has 1 radical (unpaired) electrons. The Morgan fingerprint density at radius 2 is 2.22 bits per heavy atom. The molecule has 0 spiro atoms. The average molecular weight is 244 g/mol. The predicted molar refractivity (Wildman–Crippen MR) is 73.4 cm³/mol. The number of aliphatic hydroxyl groups excluding tert-OH is 1. The van der Waals surface area contributed by atoms with Gasteiger partial charge in [-0.1, -0.05) is 18.2 Å². The molecule has 18 heavy (non-hydrogen) atoms. The molecule has 0 aliphatic heterocycles. The average Bonchev–Trinajstić information content (AvgIpc) is 2.82. The van der Waals surface area contributed by atoms with Gasteiger partial charge in [-0.15, -0.1) is 0 Å². The molecule has 1 aromatic rings. The van der Waals surface area contributed by atoms with E-state index in [-0.39, 0.29) is 12.1 Å². The van der Waals surface area contributed by atoms with Crippen LogP contribution in [0.1, 0.15) is 48.3 Å². The molecular weight excluding hydrogens is 222 g/mol. The van der Waals surface area contributed by atoms with Crippen molar-refractivity contribution in [3.63, 3.8) is 0 Å². The van der Waals surface area contributed by atoms with Crippen molar-refractivity contribution in [2.75, 3.05) is 6.61 Å². The van der Waals surface area contributed by atoms with Gasteiger partial charge in [0.25, 0.3) is 0 Å². The summed E-state index contributed by atoms with van der Waals surface area (Å²) in [6.45, 7) is 0.114. The van der Waals surface area contributed by atoms with Crippen LogP contribution in [0.4, 0.5) is 0 Å². The smallest absolute Gasteiger partial charge is 0.0611 e. The Labute approximate surface area is 109 Å². The SMILES string of the molecule is N[C@]1(CO)CC[C@H](c2ccc3c(c2)CC[CH]C3)C1. The first-order valence-corrected chi connectivity index (χ1v) is 7.03. The van der Waals surface area contributed by atoms with Crippen LogP contribution in [0.15, 0.2) is 18.2 Å². The van der Waals surface area contributed by atoms with E-state index in [9.17, 15) is 5.11 Å². The number of fused-ring (bicyclic) bond motifs is 1. The minimum absolute atomic E-state index is 0.114. The molecule has 2 aliphatic rings. The molecular formula is C16H22NO. The van der Waals surface area contributed by atoms with Gasteiger partial charge in [0.1, 0.15) is 0 Å². The minimum atomic E-state index is -0.339. The van der Waals surface area contributed by atoms with Gasteiger partial charge in [0.05, 0.1) is 6.61 Å². The first-order valence-electron chi connectivity index (χ1n) is 7.03. The number of aryl methyl sites for hydroxylation is 1. The topological polar surface area (TPSA) is 46.2 Å². The molecule has 97 valence electrons. The van der Waals surface area contributed by atoms with Gasteiger partial charge in [0.2, 0.25) is 0 Å². The van der Waals surface area contributed by atoms with E-state index < -0.39 is 0 Å². The fraction of sp³-hybridized carbons (Fsp3) is 0.562. The van der Waals surface area contributed by atoms with E-state index in [1.54, 1.807) is 0 Å². The fourth-order valence-electron chi connectivity index (χ4n) is 3.43. The highest BCUT2D eigenvalue weighted by Crippen LogP contribution is 2.40. The Morgan fingerprint density at radius 3 is 3.00 bits per heavy atom. The van der Waals surface area contributed by atoms with E-state index in [0.717, 1.165) is 25.7 Å². The van der Waals surface area contributed by atoms with E-state index in [1.807, 2.05) is 0 Å². The van der Waals surface area contributed by atoms with Crippen molar-refractivity contribution in [2.24, 2.45) is 5.73 Å². The maximum Gasteiger partial charge on any atom is 0.0611 e. The van der Waals surface area contributed by atoms with Crippen molar-refractivity contribution in [3.05, 3.63) is 41.3 Å². The van der Waals surface area contributed by atoms with Crippen molar-refractivity contribution in [3.8, 4) is 0 Å². The van der Waals surface area contributed by atoms with Gasteiger partial charge in [-0.3, -0.25) is 0 Å². The lowest BCUT2D eigenvalue weighted by atomic mass is 9.86. The zero-order chi connectivity index (χ0) is 12.6. The molecule has 2 aliphatic carbocycles. The predicted octanol–water partition coefficient (Wildman–Crippen LogP) is 2.34. The number of hydrogen-bond donors (Lipinski definition) is 2. The lowest BCUT2D eigenvalue weighted by Gasteiger charge is -2.22. The van der Waals surface area contributed by atoms with Crippen molar-refractivity contribution in [2.45, 2.75) is 50.0 Å². The third-order valence-electron chi connectivity index (χ3n) is 4.64. The van der Waals surface area contributed by atoms with Crippen LogP contribution in [-0.2, 0) is 12.8 Å². The van der Waals surface area contributed by atoms with Crippen molar-refractivity contribution < 1.29 is 5.11 Å². The van der Waals surface area contributed by atoms with Crippen LogP contribution in [-0.4, -0.2) is 17.3 Å². The summed E-state index contributed by atoms with van der Waals surface area (Å²) in [4.78, 5) is 0. The molecule has 2 nitrogen and oxygen atoms in total. The molecule has 2 heteroatoms. The highest BCUT2D eigenvalue weighted by Gasteiger charge is 2.35. The molecule has 0 saturated heterocycles. The molecule has 1 aromatic carbocycles. The number of benzene rings is 1. The van der Waals surface area contributed by atoms with E-state index in [1.165, 1.54) is 29.5 Å². The second kappa shape index (κ2) is 4.67. The third-order valence-corrected chi connectivity index (χ3v) is 4.64. The Kier molecular flexibility index (Phi) is 3.16. The number of aliphatic hydroxyl groups is 1.